The van der Waals surface area contributed by atoms with Crippen molar-refractivity contribution >= 4 is 19.4 Å². The van der Waals surface area contributed by atoms with Gasteiger partial charge < -0.3 is 18.9 Å². The zero-order chi connectivity index (χ0) is 21.6. The van der Waals surface area contributed by atoms with Crippen LogP contribution in [0.25, 0.3) is 0 Å². The van der Waals surface area contributed by atoms with Crippen molar-refractivity contribution in [2.75, 3.05) is 19.6 Å². The van der Waals surface area contributed by atoms with Gasteiger partial charge in [-0.05, 0) is 74.1 Å². The molecule has 0 aliphatic carbocycles. The van der Waals surface area contributed by atoms with Crippen LogP contribution >= 0.6 is 0 Å². The Bertz CT molecular complexity index is 622. The first-order chi connectivity index (χ1) is 13.3. The highest BCUT2D eigenvalue weighted by atomic mass is 16.7. The van der Waals surface area contributed by atoms with E-state index in [2.05, 4.69) is 44.7 Å². The number of hydrazone groups is 1. The molecule has 3 aliphatic rings. The normalized spacial score (nSPS) is 29.6. The highest BCUT2D eigenvalue weighted by Gasteiger charge is 2.55. The van der Waals surface area contributed by atoms with Crippen LogP contribution in [0.5, 0.6) is 0 Å². The fourth-order valence-corrected chi connectivity index (χ4v) is 4.04. The molecule has 0 saturated carbocycles. The molecular formula is C21H38BN3O4. The van der Waals surface area contributed by atoms with E-state index in [4.69, 9.17) is 14.0 Å². The number of rotatable bonds is 3. The molecule has 7 nitrogen and oxygen atoms in total. The molecule has 0 aromatic rings. The molecule has 3 aliphatic heterocycles. The fourth-order valence-electron chi connectivity index (χ4n) is 4.04. The lowest BCUT2D eigenvalue weighted by Crippen LogP contribution is -2.44. The summed E-state index contributed by atoms with van der Waals surface area (Å²) >= 11 is 0. The SMILES string of the molecule is CC1C(B2OC(C)(C)C(C)(C)O2)C=NN1CC1CCN(C(=O)OC(C)(C)C)CC1. The number of likely N-dealkylation sites (tertiary alicyclic amines) is 1. The number of piperidine rings is 1. The minimum absolute atomic E-state index is 0.123. The number of carbonyl (C=O) groups is 1. The van der Waals surface area contributed by atoms with Crippen molar-refractivity contribution in [1.29, 1.82) is 0 Å². The van der Waals surface area contributed by atoms with Crippen molar-refractivity contribution in [3.8, 4) is 0 Å². The lowest BCUT2D eigenvalue weighted by Gasteiger charge is -2.35. The number of carbonyl (C=O) groups excluding carboxylic acids is 1. The maximum atomic E-state index is 12.3. The van der Waals surface area contributed by atoms with Crippen LogP contribution in [0.4, 0.5) is 4.79 Å². The Morgan fingerprint density at radius 1 is 1.17 bits per heavy atom. The van der Waals surface area contributed by atoms with Gasteiger partial charge in [0.25, 0.3) is 0 Å². The maximum Gasteiger partial charge on any atom is 0.469 e. The first-order valence-corrected chi connectivity index (χ1v) is 10.9. The third-order valence-corrected chi connectivity index (χ3v) is 6.71. The van der Waals surface area contributed by atoms with E-state index in [9.17, 15) is 4.79 Å². The van der Waals surface area contributed by atoms with E-state index in [1.807, 2.05) is 31.9 Å². The Balaban J connectivity index is 1.48. The van der Waals surface area contributed by atoms with Crippen molar-refractivity contribution in [1.82, 2.24) is 9.91 Å². The van der Waals surface area contributed by atoms with Gasteiger partial charge in [0.1, 0.15) is 5.60 Å². The van der Waals surface area contributed by atoms with Crippen LogP contribution in [-0.4, -0.2) is 71.8 Å². The van der Waals surface area contributed by atoms with E-state index in [1.165, 1.54) is 0 Å². The summed E-state index contributed by atoms with van der Waals surface area (Å²) in [5, 5.41) is 6.85. The summed E-state index contributed by atoms with van der Waals surface area (Å²) in [7, 11) is -0.266. The largest absolute Gasteiger partial charge is 0.469 e. The third-order valence-electron chi connectivity index (χ3n) is 6.71. The summed E-state index contributed by atoms with van der Waals surface area (Å²) < 4.78 is 18.0. The predicted molar refractivity (Wildman–Crippen MR) is 115 cm³/mol. The summed E-state index contributed by atoms with van der Waals surface area (Å²) in [6, 6.07) is 0.230. The molecule has 3 rings (SSSR count). The van der Waals surface area contributed by atoms with Crippen LogP contribution in [0.2, 0.25) is 5.82 Å². The van der Waals surface area contributed by atoms with Gasteiger partial charge in [0.15, 0.2) is 0 Å². The van der Waals surface area contributed by atoms with Crippen LogP contribution in [-0.2, 0) is 14.0 Å². The van der Waals surface area contributed by atoms with Gasteiger partial charge in [-0.1, -0.05) is 0 Å². The summed E-state index contributed by atoms with van der Waals surface area (Å²) in [6.45, 7) is 18.6. The molecule has 0 aromatic heterocycles. The summed E-state index contributed by atoms with van der Waals surface area (Å²) in [5.41, 5.74) is -1.10. The smallest absolute Gasteiger partial charge is 0.444 e. The van der Waals surface area contributed by atoms with E-state index in [0.29, 0.717) is 5.92 Å². The molecule has 0 N–H and O–H groups in total. The quantitative estimate of drug-likeness (QED) is 0.667. The van der Waals surface area contributed by atoms with Crippen LogP contribution in [0, 0.1) is 5.92 Å². The van der Waals surface area contributed by atoms with E-state index >= 15 is 0 Å². The molecule has 0 aromatic carbocycles. The van der Waals surface area contributed by atoms with E-state index < -0.39 is 5.60 Å². The zero-order valence-corrected chi connectivity index (χ0v) is 19.4. The Labute approximate surface area is 176 Å². The summed E-state index contributed by atoms with van der Waals surface area (Å²) in [5.74, 6) is 0.642. The van der Waals surface area contributed by atoms with Gasteiger partial charge in [-0.25, -0.2) is 4.79 Å². The van der Waals surface area contributed by atoms with E-state index in [0.717, 1.165) is 32.5 Å². The van der Waals surface area contributed by atoms with Crippen molar-refractivity contribution < 1.29 is 18.8 Å². The fraction of sp³-hybridized carbons (Fsp3) is 0.905. The average molecular weight is 407 g/mol. The second-order valence-corrected chi connectivity index (χ2v) is 10.7. The Morgan fingerprint density at radius 2 is 1.72 bits per heavy atom. The molecule has 0 spiro atoms. The monoisotopic (exact) mass is 407 g/mol. The molecular weight excluding hydrogens is 369 g/mol. The van der Waals surface area contributed by atoms with Gasteiger partial charge in [-0.2, -0.15) is 5.10 Å². The second-order valence-electron chi connectivity index (χ2n) is 10.7. The van der Waals surface area contributed by atoms with Crippen molar-refractivity contribution in [3.63, 3.8) is 0 Å². The van der Waals surface area contributed by atoms with Gasteiger partial charge in [-0.3, -0.25) is 5.01 Å². The standard InChI is InChI=1S/C21H38BN3O4/c1-15-17(22-28-20(5,6)21(7,8)29-22)13-23-25(15)14-16-9-11-24(12-10-16)18(26)27-19(2,3)4/h13,15-17H,9-12,14H2,1-8H3. The average Bonchev–Trinajstić information content (AvgIpc) is 3.03. The third kappa shape index (κ3) is 4.90. The minimum atomic E-state index is -0.448. The predicted octanol–water partition coefficient (Wildman–Crippen LogP) is 3.79. The van der Waals surface area contributed by atoms with Crippen LogP contribution in [0.1, 0.15) is 68.2 Å². The molecule has 0 radical (unpaired) electrons. The number of amides is 1. The Morgan fingerprint density at radius 3 is 2.24 bits per heavy atom. The molecule has 2 unspecified atom stereocenters. The molecule has 0 bridgehead atoms. The molecule has 2 fully saturated rings. The van der Waals surface area contributed by atoms with Gasteiger partial charge in [0.05, 0.1) is 23.1 Å². The number of hydrogen-bond acceptors (Lipinski definition) is 6. The van der Waals surface area contributed by atoms with Gasteiger partial charge in [0, 0.05) is 25.8 Å². The molecule has 3 heterocycles. The number of nitrogens with zero attached hydrogens (tertiary/aromatic N) is 3. The van der Waals surface area contributed by atoms with Crippen LogP contribution < -0.4 is 0 Å². The summed E-state index contributed by atoms with van der Waals surface area (Å²) in [6.07, 6.45) is 3.73. The first kappa shape index (κ1) is 22.4. The molecule has 2 atom stereocenters. The minimum Gasteiger partial charge on any atom is -0.444 e. The van der Waals surface area contributed by atoms with Crippen molar-refractivity contribution in [2.24, 2.45) is 11.0 Å². The highest BCUT2D eigenvalue weighted by Crippen LogP contribution is 2.42. The molecule has 2 saturated heterocycles. The molecule has 29 heavy (non-hydrogen) atoms. The van der Waals surface area contributed by atoms with Gasteiger partial charge >= 0.3 is 13.2 Å². The Kier molecular flexibility index (Phi) is 6.00. The van der Waals surface area contributed by atoms with Crippen molar-refractivity contribution in [3.05, 3.63) is 0 Å². The maximum absolute atomic E-state index is 12.3. The zero-order valence-electron chi connectivity index (χ0n) is 19.4. The highest BCUT2D eigenvalue weighted by molar-refractivity contribution is 6.52. The number of hydrogen-bond donors (Lipinski definition) is 0. The first-order valence-electron chi connectivity index (χ1n) is 10.9. The van der Waals surface area contributed by atoms with Crippen molar-refractivity contribution in [2.45, 2.75) is 96.9 Å². The topological polar surface area (TPSA) is 63.6 Å². The van der Waals surface area contributed by atoms with Gasteiger partial charge in [0.2, 0.25) is 0 Å². The van der Waals surface area contributed by atoms with Crippen LogP contribution in [0.15, 0.2) is 5.10 Å². The number of ether oxygens (including phenoxy) is 1. The van der Waals surface area contributed by atoms with E-state index in [-0.39, 0.29) is 36.3 Å². The van der Waals surface area contributed by atoms with Gasteiger partial charge in [-0.15, -0.1) is 0 Å². The Hall–Kier alpha value is -1.28. The molecule has 164 valence electrons. The lowest BCUT2D eigenvalue weighted by atomic mass is 9.69. The lowest BCUT2D eigenvalue weighted by molar-refractivity contribution is 0.00578. The summed E-state index contributed by atoms with van der Waals surface area (Å²) in [4.78, 5) is 14.1. The molecule has 1 amide bonds. The van der Waals surface area contributed by atoms with E-state index in [1.54, 1.807) is 0 Å². The molecule has 8 heteroatoms. The van der Waals surface area contributed by atoms with Crippen LogP contribution in [0.3, 0.4) is 0 Å². The second kappa shape index (κ2) is 7.76.